The monoisotopic (exact) mass is 290 g/mol. The van der Waals surface area contributed by atoms with E-state index in [0.29, 0.717) is 11.3 Å². The molecule has 0 bridgehead atoms. The fourth-order valence-electron chi connectivity index (χ4n) is 2.42. The molecule has 1 aliphatic rings. The van der Waals surface area contributed by atoms with E-state index in [0.717, 1.165) is 38.8 Å². The Labute approximate surface area is 125 Å². The summed E-state index contributed by atoms with van der Waals surface area (Å²) >= 11 is 0. The number of ether oxygens (including phenoxy) is 1. The molecule has 1 heterocycles. The van der Waals surface area contributed by atoms with Crippen molar-refractivity contribution in [3.8, 4) is 0 Å². The lowest BCUT2D eigenvalue weighted by atomic mass is 10.1. The third kappa shape index (κ3) is 4.77. The molecule has 0 spiro atoms. The van der Waals surface area contributed by atoms with Crippen molar-refractivity contribution in [2.75, 3.05) is 25.4 Å². The van der Waals surface area contributed by atoms with Gasteiger partial charge < -0.3 is 15.4 Å². The minimum absolute atomic E-state index is 0.110. The SMILES string of the molecule is Nc1ccc(C(=O)OCC(=O)N2CCCCCCC2)cc1. The number of carbonyl (C=O) groups excluding carboxylic acids is 2. The lowest BCUT2D eigenvalue weighted by Gasteiger charge is -2.24. The van der Waals surface area contributed by atoms with Crippen molar-refractivity contribution >= 4 is 17.6 Å². The number of anilines is 1. The number of carbonyl (C=O) groups is 2. The van der Waals surface area contributed by atoms with Crippen molar-refractivity contribution in [1.29, 1.82) is 0 Å². The van der Waals surface area contributed by atoms with Crippen molar-refractivity contribution in [3.05, 3.63) is 29.8 Å². The maximum atomic E-state index is 12.1. The van der Waals surface area contributed by atoms with Crippen LogP contribution in [-0.2, 0) is 9.53 Å². The van der Waals surface area contributed by atoms with Crippen molar-refractivity contribution < 1.29 is 14.3 Å². The molecule has 5 nitrogen and oxygen atoms in total. The zero-order valence-corrected chi connectivity index (χ0v) is 12.2. The van der Waals surface area contributed by atoms with Crippen LogP contribution in [0.2, 0.25) is 0 Å². The number of rotatable bonds is 3. The molecule has 1 fully saturated rings. The number of likely N-dealkylation sites (tertiary alicyclic amines) is 1. The van der Waals surface area contributed by atoms with Gasteiger partial charge in [-0.1, -0.05) is 19.3 Å². The summed E-state index contributed by atoms with van der Waals surface area (Å²) in [6, 6.07) is 6.46. The molecular weight excluding hydrogens is 268 g/mol. The van der Waals surface area contributed by atoms with Gasteiger partial charge in [0.1, 0.15) is 0 Å². The number of nitrogens with zero attached hydrogens (tertiary/aromatic N) is 1. The number of nitrogen functional groups attached to an aromatic ring is 1. The molecule has 114 valence electrons. The van der Waals surface area contributed by atoms with Crippen LogP contribution in [-0.4, -0.2) is 36.5 Å². The van der Waals surface area contributed by atoms with Gasteiger partial charge in [0.25, 0.3) is 5.91 Å². The smallest absolute Gasteiger partial charge is 0.338 e. The summed E-state index contributed by atoms with van der Waals surface area (Å²) in [5.74, 6) is -0.601. The predicted octanol–water partition coefficient (Wildman–Crippen LogP) is 2.22. The standard InChI is InChI=1S/C16H22N2O3/c17-14-8-6-13(7-9-14)16(20)21-12-15(19)18-10-4-2-1-3-5-11-18/h6-9H,1-5,10-12,17H2. The fourth-order valence-corrected chi connectivity index (χ4v) is 2.42. The van der Waals surface area contributed by atoms with Crippen LogP contribution >= 0.6 is 0 Å². The molecule has 5 heteroatoms. The van der Waals surface area contributed by atoms with Crippen molar-refractivity contribution in [3.63, 3.8) is 0 Å². The Bertz CT molecular complexity index is 477. The van der Waals surface area contributed by atoms with E-state index in [1.165, 1.54) is 6.42 Å². The van der Waals surface area contributed by atoms with E-state index in [9.17, 15) is 9.59 Å². The average Bonchev–Trinajstić information content (AvgIpc) is 2.45. The predicted molar refractivity (Wildman–Crippen MR) is 80.8 cm³/mol. The molecule has 0 aromatic heterocycles. The van der Waals surface area contributed by atoms with Crippen LogP contribution in [0.3, 0.4) is 0 Å². The minimum Gasteiger partial charge on any atom is -0.452 e. The minimum atomic E-state index is -0.490. The summed E-state index contributed by atoms with van der Waals surface area (Å²) in [7, 11) is 0. The summed E-state index contributed by atoms with van der Waals surface area (Å²) in [4.78, 5) is 25.7. The molecular formula is C16H22N2O3. The van der Waals surface area contributed by atoms with Crippen LogP contribution in [0.5, 0.6) is 0 Å². The first kappa shape index (κ1) is 15.4. The molecule has 1 aromatic carbocycles. The van der Waals surface area contributed by atoms with Gasteiger partial charge in [0.2, 0.25) is 0 Å². The van der Waals surface area contributed by atoms with E-state index < -0.39 is 5.97 Å². The first-order chi connectivity index (χ1) is 10.2. The normalized spacial score (nSPS) is 15.9. The average molecular weight is 290 g/mol. The Kier molecular flexibility index (Phi) is 5.60. The highest BCUT2D eigenvalue weighted by Crippen LogP contribution is 2.11. The fraction of sp³-hybridized carbons (Fsp3) is 0.500. The number of amides is 1. The Morgan fingerprint density at radius 3 is 2.19 bits per heavy atom. The zero-order chi connectivity index (χ0) is 15.1. The summed E-state index contributed by atoms with van der Waals surface area (Å²) in [5.41, 5.74) is 6.55. The number of hydrogen-bond donors (Lipinski definition) is 1. The molecule has 0 radical (unpaired) electrons. The van der Waals surface area contributed by atoms with E-state index in [1.807, 2.05) is 0 Å². The van der Waals surface area contributed by atoms with Gasteiger partial charge in [-0.3, -0.25) is 4.79 Å². The maximum Gasteiger partial charge on any atom is 0.338 e. The van der Waals surface area contributed by atoms with E-state index in [4.69, 9.17) is 10.5 Å². The Hall–Kier alpha value is -2.04. The third-order valence-electron chi connectivity index (χ3n) is 3.68. The zero-order valence-electron chi connectivity index (χ0n) is 12.2. The second-order valence-corrected chi connectivity index (χ2v) is 5.35. The van der Waals surface area contributed by atoms with Crippen LogP contribution in [0.25, 0.3) is 0 Å². The van der Waals surface area contributed by atoms with Crippen molar-refractivity contribution in [2.24, 2.45) is 0 Å². The lowest BCUT2D eigenvalue weighted by Crippen LogP contribution is -2.36. The van der Waals surface area contributed by atoms with Crippen LogP contribution in [0.4, 0.5) is 5.69 Å². The van der Waals surface area contributed by atoms with E-state index >= 15 is 0 Å². The first-order valence-corrected chi connectivity index (χ1v) is 7.47. The largest absolute Gasteiger partial charge is 0.452 e. The number of esters is 1. The van der Waals surface area contributed by atoms with Crippen LogP contribution in [0.15, 0.2) is 24.3 Å². The lowest BCUT2D eigenvalue weighted by molar-refractivity contribution is -0.134. The first-order valence-electron chi connectivity index (χ1n) is 7.47. The van der Waals surface area contributed by atoms with Gasteiger partial charge >= 0.3 is 5.97 Å². The maximum absolute atomic E-state index is 12.1. The van der Waals surface area contributed by atoms with E-state index in [1.54, 1.807) is 29.2 Å². The van der Waals surface area contributed by atoms with E-state index in [2.05, 4.69) is 0 Å². The second-order valence-electron chi connectivity index (χ2n) is 5.35. The van der Waals surface area contributed by atoms with Gasteiger partial charge in [-0.25, -0.2) is 4.79 Å². The number of benzene rings is 1. The highest BCUT2D eigenvalue weighted by molar-refractivity contribution is 5.91. The van der Waals surface area contributed by atoms with Gasteiger partial charge in [-0.05, 0) is 37.1 Å². The highest BCUT2D eigenvalue weighted by Gasteiger charge is 2.17. The topological polar surface area (TPSA) is 72.6 Å². The number of hydrogen-bond acceptors (Lipinski definition) is 4. The molecule has 2 N–H and O–H groups in total. The molecule has 21 heavy (non-hydrogen) atoms. The molecule has 2 rings (SSSR count). The molecule has 1 saturated heterocycles. The second kappa shape index (κ2) is 7.67. The van der Waals surface area contributed by atoms with Crippen LogP contribution in [0, 0.1) is 0 Å². The Morgan fingerprint density at radius 2 is 1.57 bits per heavy atom. The summed E-state index contributed by atoms with van der Waals surface area (Å²) in [6.07, 6.45) is 5.62. The van der Waals surface area contributed by atoms with Crippen LogP contribution < -0.4 is 5.73 Å². The Balaban J connectivity index is 1.82. The van der Waals surface area contributed by atoms with Crippen molar-refractivity contribution in [1.82, 2.24) is 4.90 Å². The van der Waals surface area contributed by atoms with Gasteiger partial charge in [0.05, 0.1) is 5.56 Å². The van der Waals surface area contributed by atoms with Gasteiger partial charge in [0.15, 0.2) is 6.61 Å². The molecule has 0 aliphatic carbocycles. The molecule has 0 atom stereocenters. The summed E-state index contributed by atoms with van der Waals surface area (Å²) < 4.78 is 5.08. The summed E-state index contributed by atoms with van der Waals surface area (Å²) in [5, 5.41) is 0. The van der Waals surface area contributed by atoms with E-state index in [-0.39, 0.29) is 12.5 Å². The van der Waals surface area contributed by atoms with Crippen molar-refractivity contribution in [2.45, 2.75) is 32.1 Å². The Morgan fingerprint density at radius 1 is 1.00 bits per heavy atom. The molecule has 0 saturated carbocycles. The van der Waals surface area contributed by atoms with Crippen LogP contribution in [0.1, 0.15) is 42.5 Å². The van der Waals surface area contributed by atoms with Gasteiger partial charge in [-0.2, -0.15) is 0 Å². The summed E-state index contributed by atoms with van der Waals surface area (Å²) in [6.45, 7) is 1.33. The van der Waals surface area contributed by atoms with Gasteiger partial charge in [-0.15, -0.1) is 0 Å². The quantitative estimate of drug-likeness (QED) is 0.684. The highest BCUT2D eigenvalue weighted by atomic mass is 16.5. The number of nitrogens with two attached hydrogens (primary N) is 1. The molecule has 1 aliphatic heterocycles. The molecule has 0 unspecified atom stereocenters. The molecule has 1 aromatic rings. The molecule has 1 amide bonds. The third-order valence-corrected chi connectivity index (χ3v) is 3.68. The van der Waals surface area contributed by atoms with Gasteiger partial charge in [0, 0.05) is 18.8 Å².